The standard InChI is InChI=1S/C17H20N2O4S/c20-16(21)12-6-9-19(17(10-12)7-3-8-17)24(22,23)15-11-18-14-5-2-1-4-13(14)15/h1-2,4-5,11-12,18H,3,6-10H2,(H,20,21). The number of H-pyrrole nitrogens is 1. The summed E-state index contributed by atoms with van der Waals surface area (Å²) in [6.45, 7) is 0.277. The summed E-state index contributed by atoms with van der Waals surface area (Å²) in [4.78, 5) is 14.7. The molecule has 1 aromatic carbocycles. The average Bonchev–Trinajstić information content (AvgIpc) is 2.97. The van der Waals surface area contributed by atoms with Crippen molar-refractivity contribution in [2.75, 3.05) is 6.54 Å². The predicted molar refractivity (Wildman–Crippen MR) is 89.1 cm³/mol. The lowest BCUT2D eigenvalue weighted by atomic mass is 9.68. The second-order valence-electron chi connectivity index (χ2n) is 6.88. The summed E-state index contributed by atoms with van der Waals surface area (Å²) in [5.74, 6) is -1.26. The van der Waals surface area contributed by atoms with Gasteiger partial charge in [-0.1, -0.05) is 18.2 Å². The van der Waals surface area contributed by atoms with E-state index in [2.05, 4.69) is 4.98 Å². The molecular formula is C17H20N2O4S. The number of rotatable bonds is 3. The number of hydrogen-bond donors (Lipinski definition) is 2. The zero-order chi connectivity index (χ0) is 16.9. The minimum absolute atomic E-state index is 0.277. The van der Waals surface area contributed by atoms with Crippen molar-refractivity contribution < 1.29 is 18.3 Å². The molecular weight excluding hydrogens is 328 g/mol. The minimum atomic E-state index is -3.65. The molecule has 1 saturated carbocycles. The molecule has 2 aromatic rings. The molecule has 1 aromatic heterocycles. The first kappa shape index (κ1) is 15.7. The highest BCUT2D eigenvalue weighted by molar-refractivity contribution is 7.89. The number of sulfonamides is 1. The molecule has 2 N–H and O–H groups in total. The van der Waals surface area contributed by atoms with Gasteiger partial charge in [0.1, 0.15) is 4.90 Å². The number of nitrogens with one attached hydrogen (secondary N) is 1. The first-order valence-corrected chi connectivity index (χ1v) is 9.70. The number of carboxylic acid groups (broad SMARTS) is 1. The van der Waals surface area contributed by atoms with E-state index < -0.39 is 27.4 Å². The molecule has 1 spiro atoms. The van der Waals surface area contributed by atoms with Crippen LogP contribution in [0.5, 0.6) is 0 Å². The number of hydrogen-bond acceptors (Lipinski definition) is 3. The van der Waals surface area contributed by atoms with Crippen molar-refractivity contribution >= 4 is 26.9 Å². The number of aromatic amines is 1. The summed E-state index contributed by atoms with van der Waals surface area (Å²) >= 11 is 0. The van der Waals surface area contributed by atoms with Crippen LogP contribution in [0.3, 0.4) is 0 Å². The molecule has 24 heavy (non-hydrogen) atoms. The molecule has 7 heteroatoms. The highest BCUT2D eigenvalue weighted by atomic mass is 32.2. The molecule has 1 saturated heterocycles. The molecule has 2 aliphatic rings. The van der Waals surface area contributed by atoms with Gasteiger partial charge in [-0.3, -0.25) is 4.79 Å². The lowest BCUT2D eigenvalue weighted by Crippen LogP contribution is -2.60. The normalized spacial score (nSPS) is 24.1. The van der Waals surface area contributed by atoms with Crippen LogP contribution < -0.4 is 0 Å². The highest BCUT2D eigenvalue weighted by Crippen LogP contribution is 2.48. The van der Waals surface area contributed by atoms with Crippen LogP contribution in [0.1, 0.15) is 32.1 Å². The summed E-state index contributed by atoms with van der Waals surface area (Å²) in [5.41, 5.74) is 0.276. The predicted octanol–water partition coefficient (Wildman–Crippen LogP) is 2.58. The fraction of sp³-hybridized carbons (Fsp3) is 0.471. The van der Waals surface area contributed by atoms with Crippen molar-refractivity contribution in [3.8, 4) is 0 Å². The second-order valence-corrected chi connectivity index (χ2v) is 8.71. The Kier molecular flexibility index (Phi) is 3.47. The van der Waals surface area contributed by atoms with Crippen LogP contribution in [0.25, 0.3) is 10.9 Å². The molecule has 2 heterocycles. The third-order valence-corrected chi connectivity index (χ3v) is 7.63. The van der Waals surface area contributed by atoms with Crippen molar-refractivity contribution in [3.05, 3.63) is 30.5 Å². The lowest BCUT2D eigenvalue weighted by Gasteiger charge is -2.53. The summed E-state index contributed by atoms with van der Waals surface area (Å²) in [6, 6.07) is 7.34. The van der Waals surface area contributed by atoms with Crippen LogP contribution in [-0.4, -0.2) is 40.9 Å². The number of nitrogens with zero attached hydrogens (tertiary/aromatic N) is 1. The third-order valence-electron chi connectivity index (χ3n) is 5.59. The first-order chi connectivity index (χ1) is 11.4. The number of para-hydroxylation sites is 1. The number of carbonyl (C=O) groups is 1. The van der Waals surface area contributed by atoms with Gasteiger partial charge >= 0.3 is 5.97 Å². The maximum atomic E-state index is 13.3. The summed E-state index contributed by atoms with van der Waals surface area (Å²) in [6.07, 6.45) is 4.79. The summed E-state index contributed by atoms with van der Waals surface area (Å²) in [7, 11) is -3.65. The molecule has 128 valence electrons. The number of carboxylic acids is 1. The quantitative estimate of drug-likeness (QED) is 0.892. The topological polar surface area (TPSA) is 90.5 Å². The van der Waals surface area contributed by atoms with Crippen molar-refractivity contribution in [1.29, 1.82) is 0 Å². The largest absolute Gasteiger partial charge is 0.481 e. The van der Waals surface area contributed by atoms with Gasteiger partial charge in [0.05, 0.1) is 5.92 Å². The van der Waals surface area contributed by atoms with Crippen LogP contribution in [0.2, 0.25) is 0 Å². The van der Waals surface area contributed by atoms with Crippen molar-refractivity contribution in [2.24, 2.45) is 5.92 Å². The number of aromatic nitrogens is 1. The lowest BCUT2D eigenvalue weighted by molar-refractivity contribution is -0.146. The van der Waals surface area contributed by atoms with Crippen LogP contribution in [0.15, 0.2) is 35.4 Å². The number of piperidine rings is 1. The van der Waals surface area contributed by atoms with E-state index in [9.17, 15) is 18.3 Å². The highest BCUT2D eigenvalue weighted by Gasteiger charge is 2.53. The zero-order valence-corrected chi connectivity index (χ0v) is 14.1. The van der Waals surface area contributed by atoms with Crippen LogP contribution >= 0.6 is 0 Å². The van der Waals surface area contributed by atoms with E-state index in [4.69, 9.17) is 0 Å². The smallest absolute Gasteiger partial charge is 0.306 e. The van der Waals surface area contributed by atoms with E-state index >= 15 is 0 Å². The van der Waals surface area contributed by atoms with Gasteiger partial charge in [0.2, 0.25) is 10.0 Å². The van der Waals surface area contributed by atoms with Gasteiger partial charge in [-0.05, 0) is 38.2 Å². The maximum Gasteiger partial charge on any atom is 0.306 e. The molecule has 1 aliphatic carbocycles. The van der Waals surface area contributed by atoms with E-state index in [1.54, 1.807) is 16.6 Å². The Labute approximate surface area is 140 Å². The molecule has 2 fully saturated rings. The fourth-order valence-corrected chi connectivity index (χ4v) is 6.19. The van der Waals surface area contributed by atoms with Gasteiger partial charge in [-0.15, -0.1) is 0 Å². The summed E-state index contributed by atoms with van der Waals surface area (Å²) in [5, 5.41) is 10.0. The van der Waals surface area contributed by atoms with Gasteiger partial charge in [0, 0.05) is 29.2 Å². The molecule has 1 unspecified atom stereocenters. The van der Waals surface area contributed by atoms with Gasteiger partial charge in [-0.25, -0.2) is 8.42 Å². The first-order valence-electron chi connectivity index (χ1n) is 8.26. The SMILES string of the molecule is O=C(O)C1CCN(S(=O)(=O)c2c[nH]c3ccccc23)C2(CCC2)C1. The Balaban J connectivity index is 1.75. The average molecular weight is 348 g/mol. The molecule has 1 atom stereocenters. The van der Waals surface area contributed by atoms with Gasteiger partial charge in [-0.2, -0.15) is 4.31 Å². The van der Waals surface area contributed by atoms with Gasteiger partial charge in [0.15, 0.2) is 0 Å². The van der Waals surface area contributed by atoms with Crippen LogP contribution in [-0.2, 0) is 14.8 Å². The van der Waals surface area contributed by atoms with Gasteiger partial charge < -0.3 is 10.1 Å². The fourth-order valence-electron chi connectivity index (χ4n) is 4.17. The molecule has 0 bridgehead atoms. The van der Waals surface area contributed by atoms with E-state index in [-0.39, 0.29) is 11.4 Å². The maximum absolute atomic E-state index is 13.3. The van der Waals surface area contributed by atoms with Crippen molar-refractivity contribution in [3.63, 3.8) is 0 Å². The minimum Gasteiger partial charge on any atom is -0.481 e. The van der Waals surface area contributed by atoms with Gasteiger partial charge in [0.25, 0.3) is 0 Å². The van der Waals surface area contributed by atoms with E-state index in [0.717, 1.165) is 24.8 Å². The third kappa shape index (κ3) is 2.18. The Bertz CT molecular complexity index is 898. The van der Waals surface area contributed by atoms with Crippen molar-refractivity contribution in [2.45, 2.75) is 42.5 Å². The van der Waals surface area contributed by atoms with Crippen molar-refractivity contribution in [1.82, 2.24) is 9.29 Å². The summed E-state index contributed by atoms with van der Waals surface area (Å²) < 4.78 is 28.2. The second kappa shape index (κ2) is 5.32. The zero-order valence-electron chi connectivity index (χ0n) is 13.2. The monoisotopic (exact) mass is 348 g/mol. The Hall–Kier alpha value is -1.86. The number of aliphatic carboxylic acids is 1. The van der Waals surface area contributed by atoms with E-state index in [1.807, 2.05) is 18.2 Å². The number of fused-ring (bicyclic) bond motifs is 1. The van der Waals surface area contributed by atoms with E-state index in [1.165, 1.54) is 0 Å². The Morgan fingerprint density at radius 3 is 2.71 bits per heavy atom. The molecule has 1 aliphatic heterocycles. The molecule has 6 nitrogen and oxygen atoms in total. The number of benzene rings is 1. The van der Waals surface area contributed by atoms with Crippen LogP contribution in [0, 0.1) is 5.92 Å². The van der Waals surface area contributed by atoms with Crippen LogP contribution in [0.4, 0.5) is 0 Å². The molecule has 4 rings (SSSR count). The Morgan fingerprint density at radius 2 is 2.04 bits per heavy atom. The molecule has 0 radical (unpaired) electrons. The molecule has 0 amide bonds. The Morgan fingerprint density at radius 1 is 1.29 bits per heavy atom. The van der Waals surface area contributed by atoms with E-state index in [0.29, 0.717) is 18.2 Å².